The summed E-state index contributed by atoms with van der Waals surface area (Å²) in [7, 11) is 3.15. The summed E-state index contributed by atoms with van der Waals surface area (Å²) in [6, 6.07) is 18.6. The molecule has 1 saturated heterocycles. The van der Waals surface area contributed by atoms with Gasteiger partial charge in [-0.15, -0.1) is 0 Å². The molecule has 0 saturated carbocycles. The number of ether oxygens (including phenoxy) is 2. The Morgan fingerprint density at radius 3 is 2.60 bits per heavy atom. The third-order valence-corrected chi connectivity index (χ3v) is 7.87. The second kappa shape index (κ2) is 10.2. The number of nitrogens with one attached hydrogen (secondary N) is 1. The number of rotatable bonds is 7. The van der Waals surface area contributed by atoms with Crippen LogP contribution in [-0.4, -0.2) is 65.2 Å². The van der Waals surface area contributed by atoms with E-state index in [1.165, 1.54) is 6.07 Å². The van der Waals surface area contributed by atoms with Gasteiger partial charge in [-0.05, 0) is 53.4 Å². The zero-order valence-electron chi connectivity index (χ0n) is 22.2. The molecule has 2 aliphatic heterocycles. The lowest BCUT2D eigenvalue weighted by Gasteiger charge is -2.47. The number of para-hydroxylation sites is 1. The van der Waals surface area contributed by atoms with Crippen LogP contribution in [0.25, 0.3) is 10.9 Å². The number of piperazine rings is 1. The number of aromatic nitrogens is 1. The van der Waals surface area contributed by atoms with Gasteiger partial charge in [0.05, 0.1) is 32.5 Å². The number of H-pyrrole nitrogens is 1. The summed E-state index contributed by atoms with van der Waals surface area (Å²) in [5.41, 5.74) is 4.33. The van der Waals surface area contributed by atoms with E-state index in [1.54, 1.807) is 42.2 Å². The summed E-state index contributed by atoms with van der Waals surface area (Å²) in [6.07, 6.45) is 0.923. The summed E-state index contributed by atoms with van der Waals surface area (Å²) in [4.78, 5) is 34.4. The summed E-state index contributed by atoms with van der Waals surface area (Å²) >= 11 is 0. The van der Waals surface area contributed by atoms with Crippen molar-refractivity contribution in [3.05, 3.63) is 94.3 Å². The summed E-state index contributed by atoms with van der Waals surface area (Å²) in [5, 5.41) is 22.0. The predicted molar refractivity (Wildman–Crippen MR) is 148 cm³/mol. The Balaban J connectivity index is 1.35. The van der Waals surface area contributed by atoms with Crippen molar-refractivity contribution in [2.24, 2.45) is 0 Å². The van der Waals surface area contributed by atoms with Crippen LogP contribution in [0.15, 0.2) is 66.7 Å². The second-order valence-corrected chi connectivity index (χ2v) is 10.1. The third-order valence-electron chi connectivity index (χ3n) is 7.87. The monoisotopic (exact) mass is 541 g/mol. The molecule has 2 unspecified atom stereocenters. The molecule has 0 bridgehead atoms. The van der Waals surface area contributed by atoms with E-state index in [1.807, 2.05) is 42.5 Å². The molecular formula is C30H29N4O6-. The van der Waals surface area contributed by atoms with Crippen molar-refractivity contribution in [1.29, 1.82) is 0 Å². The Morgan fingerprint density at radius 2 is 1.82 bits per heavy atom. The zero-order valence-corrected chi connectivity index (χ0v) is 22.2. The van der Waals surface area contributed by atoms with Crippen molar-refractivity contribution < 1.29 is 24.3 Å². The maximum Gasteiger partial charge on any atom is 0.246 e. The van der Waals surface area contributed by atoms with Crippen LogP contribution in [0, 0.1) is 5.21 Å². The van der Waals surface area contributed by atoms with Crippen LogP contribution >= 0.6 is 0 Å². The Kier molecular flexibility index (Phi) is 6.57. The van der Waals surface area contributed by atoms with Crippen LogP contribution in [0.5, 0.6) is 11.5 Å². The van der Waals surface area contributed by atoms with Gasteiger partial charge in [-0.25, -0.2) is 0 Å². The van der Waals surface area contributed by atoms with Gasteiger partial charge in [0.1, 0.15) is 6.04 Å². The van der Waals surface area contributed by atoms with E-state index >= 15 is 0 Å². The quantitative estimate of drug-likeness (QED) is 0.341. The molecule has 2 N–H and O–H groups in total. The van der Waals surface area contributed by atoms with Crippen molar-refractivity contribution in [3.8, 4) is 11.5 Å². The van der Waals surface area contributed by atoms with E-state index in [4.69, 9.17) is 9.47 Å². The van der Waals surface area contributed by atoms with E-state index < -0.39 is 12.1 Å². The Bertz CT molecular complexity index is 1600. The first-order valence-electron chi connectivity index (χ1n) is 13.1. The molecule has 4 aromatic rings. The molecule has 1 fully saturated rings. The first-order chi connectivity index (χ1) is 19.4. The zero-order chi connectivity index (χ0) is 28.0. The maximum atomic E-state index is 13.9. The van der Waals surface area contributed by atoms with Crippen LogP contribution in [0.2, 0.25) is 0 Å². The van der Waals surface area contributed by atoms with Crippen LogP contribution in [0.1, 0.15) is 28.4 Å². The minimum atomic E-state index is -0.704. The highest BCUT2D eigenvalue weighted by Crippen LogP contribution is 2.43. The molecule has 2 atom stereocenters. The maximum absolute atomic E-state index is 13.9. The van der Waals surface area contributed by atoms with E-state index in [2.05, 4.69) is 4.98 Å². The molecule has 2 aliphatic rings. The van der Waals surface area contributed by atoms with E-state index in [9.17, 15) is 20.0 Å². The number of hydrogen-bond acceptors (Lipinski definition) is 7. The van der Waals surface area contributed by atoms with Gasteiger partial charge in [0, 0.05) is 29.6 Å². The SMILES string of the molecule is COc1ccc(CCN2CC(=O)N3C(Cc4c([nH]c5ccccc45)C3c3cccc(N([O-])O)c3)C2=O)cc1OC. The fourth-order valence-corrected chi connectivity index (χ4v) is 5.97. The molecule has 2 amide bonds. The lowest BCUT2D eigenvalue weighted by atomic mass is 9.86. The highest BCUT2D eigenvalue weighted by atomic mass is 16.8. The van der Waals surface area contributed by atoms with E-state index in [0.717, 1.165) is 27.7 Å². The molecule has 6 rings (SSSR count). The number of carbonyl (C=O) groups is 2. The number of methoxy groups -OCH3 is 2. The number of carbonyl (C=O) groups excluding carboxylic acids is 2. The van der Waals surface area contributed by atoms with Crippen molar-refractivity contribution >= 4 is 28.4 Å². The average Bonchev–Trinajstić information content (AvgIpc) is 3.35. The average molecular weight is 542 g/mol. The number of nitrogens with zero attached hydrogens (tertiary/aromatic N) is 3. The van der Waals surface area contributed by atoms with Crippen LogP contribution in [-0.2, 0) is 22.4 Å². The molecular weight excluding hydrogens is 512 g/mol. The van der Waals surface area contributed by atoms with E-state index in [0.29, 0.717) is 36.4 Å². The second-order valence-electron chi connectivity index (χ2n) is 10.1. The summed E-state index contributed by atoms with van der Waals surface area (Å²) in [6.45, 7) is 0.322. The molecule has 10 heteroatoms. The van der Waals surface area contributed by atoms with Gasteiger partial charge >= 0.3 is 0 Å². The lowest BCUT2D eigenvalue weighted by molar-refractivity contribution is -0.158. The molecule has 1 aromatic heterocycles. The molecule has 0 radical (unpaired) electrons. The van der Waals surface area contributed by atoms with Crippen molar-refractivity contribution in [2.45, 2.75) is 24.9 Å². The summed E-state index contributed by atoms with van der Waals surface area (Å²) in [5.74, 6) is 0.930. The van der Waals surface area contributed by atoms with E-state index in [-0.39, 0.29) is 29.3 Å². The topological polar surface area (TPSA) is 121 Å². The Hall–Kier alpha value is -4.54. The first-order valence-corrected chi connectivity index (χ1v) is 13.1. The van der Waals surface area contributed by atoms with Crippen molar-refractivity contribution in [2.75, 3.05) is 32.5 Å². The van der Waals surface area contributed by atoms with Crippen molar-refractivity contribution in [1.82, 2.24) is 14.8 Å². The number of amides is 2. The number of fused-ring (bicyclic) bond motifs is 4. The number of anilines is 1. The first kappa shape index (κ1) is 25.7. The van der Waals surface area contributed by atoms with Gasteiger partial charge in [-0.3, -0.25) is 14.8 Å². The normalized spacial score (nSPS) is 18.5. The molecule has 10 nitrogen and oxygen atoms in total. The molecule has 0 spiro atoms. The van der Waals surface area contributed by atoms with Gasteiger partial charge in [0.2, 0.25) is 11.8 Å². The highest BCUT2D eigenvalue weighted by Gasteiger charge is 2.48. The third kappa shape index (κ3) is 4.31. The van der Waals surface area contributed by atoms with Crippen LogP contribution in [0.3, 0.4) is 0 Å². The van der Waals surface area contributed by atoms with Crippen molar-refractivity contribution in [3.63, 3.8) is 0 Å². The minimum absolute atomic E-state index is 0.0459. The fraction of sp³-hybridized carbons (Fsp3) is 0.267. The molecule has 40 heavy (non-hydrogen) atoms. The van der Waals surface area contributed by atoms with Crippen LogP contribution in [0.4, 0.5) is 5.69 Å². The standard InChI is InChI=1S/C30H29N4O6/c1-39-25-11-10-18(14-26(25)40-2)12-13-32-17-27(35)33-24(30(32)36)16-22-21-8-3-4-9-23(21)31-28(22)29(33)19-6-5-7-20(15-19)34(37)38/h3-11,14-15,24,29,31,37H,12-13,16-17H2,1-2H3/q-1. The Morgan fingerprint density at radius 1 is 1.02 bits per heavy atom. The van der Waals surface area contributed by atoms with Gasteiger partial charge in [-0.1, -0.05) is 36.4 Å². The molecule has 0 aliphatic carbocycles. The highest BCUT2D eigenvalue weighted by molar-refractivity contribution is 5.97. The Labute approximate surface area is 230 Å². The number of benzene rings is 3. The van der Waals surface area contributed by atoms with Crippen LogP contribution < -0.4 is 14.7 Å². The number of hydrogen-bond donors (Lipinski definition) is 2. The van der Waals surface area contributed by atoms with Gasteiger partial charge in [0.25, 0.3) is 0 Å². The number of aromatic amines is 1. The summed E-state index contributed by atoms with van der Waals surface area (Å²) < 4.78 is 10.7. The molecule has 3 heterocycles. The van der Waals surface area contributed by atoms with Gasteiger partial charge < -0.3 is 34.7 Å². The van der Waals surface area contributed by atoms with Gasteiger partial charge in [0.15, 0.2) is 11.5 Å². The minimum Gasteiger partial charge on any atom is -0.733 e. The largest absolute Gasteiger partial charge is 0.733 e. The van der Waals surface area contributed by atoms with Gasteiger partial charge in [-0.2, -0.15) is 0 Å². The molecule has 3 aromatic carbocycles. The smallest absolute Gasteiger partial charge is 0.246 e. The lowest BCUT2D eigenvalue weighted by Crippen LogP contribution is -2.63. The molecule has 206 valence electrons. The fourth-order valence-electron chi connectivity index (χ4n) is 5.97. The predicted octanol–water partition coefficient (Wildman–Crippen LogP) is 3.81.